The second-order valence-corrected chi connectivity index (χ2v) is 18.8. The van der Waals surface area contributed by atoms with E-state index in [1.807, 2.05) is 0 Å². The van der Waals surface area contributed by atoms with Gasteiger partial charge in [-0.3, -0.25) is 9.59 Å². The van der Waals surface area contributed by atoms with Crippen LogP contribution >= 0.6 is 0 Å². The van der Waals surface area contributed by atoms with Crippen molar-refractivity contribution in [1.82, 2.24) is 0 Å². The Balaban J connectivity index is 4.43. The topological polar surface area (TPSA) is 61.8 Å². The molecule has 0 radical (unpaired) electrons. The van der Waals surface area contributed by atoms with Crippen LogP contribution in [0.5, 0.6) is 0 Å². The van der Waals surface area contributed by atoms with Gasteiger partial charge in [-0.05, 0) is 103 Å². The van der Waals surface area contributed by atoms with E-state index in [2.05, 4.69) is 142 Å². The zero-order valence-corrected chi connectivity index (χ0v) is 45.7. The summed E-state index contributed by atoms with van der Waals surface area (Å²) in [6.07, 6.45) is 83.7. The van der Waals surface area contributed by atoms with E-state index in [9.17, 15) is 9.59 Å². The van der Waals surface area contributed by atoms with Gasteiger partial charge in [-0.1, -0.05) is 258 Å². The Kier molecular flexibility index (Phi) is 56.5. The van der Waals surface area contributed by atoms with Crippen molar-refractivity contribution < 1.29 is 23.8 Å². The fraction of sp³-hybridized carbons (Fsp3) is 0.662. The normalized spacial score (nSPS) is 13.1. The maximum atomic E-state index is 12.9. The van der Waals surface area contributed by atoms with Crippen LogP contribution in [0.1, 0.15) is 252 Å². The second-order valence-electron chi connectivity index (χ2n) is 18.8. The molecular weight excluding hydrogens is 861 g/mol. The van der Waals surface area contributed by atoms with Crippen molar-refractivity contribution in [2.45, 2.75) is 258 Å². The molecule has 0 aliphatic carbocycles. The minimum absolute atomic E-state index is 0.0442. The number of ether oxygens (including phenoxy) is 3. The van der Waals surface area contributed by atoms with Gasteiger partial charge in [-0.15, -0.1) is 0 Å². The van der Waals surface area contributed by atoms with Gasteiger partial charge >= 0.3 is 11.9 Å². The van der Waals surface area contributed by atoms with Crippen molar-refractivity contribution >= 4 is 11.9 Å². The van der Waals surface area contributed by atoms with E-state index in [1.165, 1.54) is 89.9 Å². The zero-order chi connectivity index (χ0) is 50.6. The molecule has 398 valence electrons. The largest absolute Gasteiger partial charge is 0.462 e. The lowest BCUT2D eigenvalue weighted by Crippen LogP contribution is -2.30. The number of hydrogen-bond acceptors (Lipinski definition) is 5. The molecule has 5 heteroatoms. The lowest BCUT2D eigenvalue weighted by Gasteiger charge is -2.18. The van der Waals surface area contributed by atoms with Crippen molar-refractivity contribution in [3.8, 4) is 0 Å². The second kappa shape index (κ2) is 59.6. The molecule has 0 saturated carbocycles. The van der Waals surface area contributed by atoms with Crippen molar-refractivity contribution in [3.05, 3.63) is 122 Å². The SMILES string of the molecule is CC/C=C\C/C=C\C/C=C\C/C=C\C/C=C\C/C=C\CCCOCC(COC(=O)CCCCCC/C=C\C/C=C\C/C=C\C/C=C\CC)OC(=O)CCCCCCCCCCCCCCCCCCC. The van der Waals surface area contributed by atoms with Gasteiger partial charge in [-0.25, -0.2) is 0 Å². The number of carbonyl (C=O) groups is 2. The molecule has 5 nitrogen and oxygen atoms in total. The Hall–Kier alpha value is -3.70. The summed E-state index contributed by atoms with van der Waals surface area (Å²) < 4.78 is 17.4. The number of hydrogen-bond donors (Lipinski definition) is 0. The molecule has 0 aliphatic rings. The van der Waals surface area contributed by atoms with Gasteiger partial charge in [0.05, 0.1) is 6.61 Å². The lowest BCUT2D eigenvalue weighted by molar-refractivity contribution is -0.163. The Morgan fingerprint density at radius 1 is 0.329 bits per heavy atom. The summed E-state index contributed by atoms with van der Waals surface area (Å²) in [5.41, 5.74) is 0. The summed E-state index contributed by atoms with van der Waals surface area (Å²) in [7, 11) is 0. The minimum Gasteiger partial charge on any atom is -0.462 e. The molecule has 0 spiro atoms. The summed E-state index contributed by atoms with van der Waals surface area (Å²) in [6.45, 7) is 7.45. The molecule has 0 rings (SSSR count). The smallest absolute Gasteiger partial charge is 0.306 e. The highest BCUT2D eigenvalue weighted by molar-refractivity contribution is 5.70. The van der Waals surface area contributed by atoms with Crippen LogP contribution in [0.4, 0.5) is 0 Å². The van der Waals surface area contributed by atoms with Gasteiger partial charge in [-0.2, -0.15) is 0 Å². The summed E-state index contributed by atoms with van der Waals surface area (Å²) in [5.74, 6) is -0.456. The van der Waals surface area contributed by atoms with Crippen LogP contribution in [0.25, 0.3) is 0 Å². The van der Waals surface area contributed by atoms with Crippen LogP contribution in [0.3, 0.4) is 0 Å². The maximum Gasteiger partial charge on any atom is 0.306 e. The third-order valence-electron chi connectivity index (χ3n) is 12.0. The Bertz CT molecular complexity index is 1420. The summed E-state index contributed by atoms with van der Waals surface area (Å²) in [6, 6.07) is 0. The Labute approximate surface area is 433 Å². The van der Waals surface area contributed by atoms with E-state index < -0.39 is 6.10 Å². The molecule has 0 N–H and O–H groups in total. The molecule has 0 aromatic carbocycles. The molecule has 0 aromatic rings. The third-order valence-corrected chi connectivity index (χ3v) is 12.0. The predicted octanol–water partition coefficient (Wildman–Crippen LogP) is 20.1. The van der Waals surface area contributed by atoms with Gasteiger partial charge in [0.15, 0.2) is 6.10 Å². The lowest BCUT2D eigenvalue weighted by atomic mass is 10.0. The van der Waals surface area contributed by atoms with E-state index in [-0.39, 0.29) is 25.2 Å². The standard InChI is InChI=1S/C65H108O5/c1-4-7-10-13-16-19-22-25-28-31-32-33-36-39-42-45-48-51-54-57-60-68-61-63(70-65(67)59-56-53-50-47-44-41-38-35-30-27-24-21-18-15-12-9-6-3)62-69-64(66)58-55-52-49-46-43-40-37-34-29-26-23-20-17-14-11-8-5-2/h7-8,10-11,16-17,19-20,25-26,28-29,32-33,37,39-40,42,48,51,63H,4-6,9,12-15,18,21-24,27,30-31,34-36,38,41,43-47,49-50,52-62H2,1-3H3/b10-7-,11-8-,19-16-,20-17-,28-25-,29-26-,33-32-,40-37-,42-39-,51-48-. The zero-order valence-electron chi connectivity index (χ0n) is 45.7. The molecule has 1 unspecified atom stereocenters. The number of allylic oxidation sites excluding steroid dienone is 20. The molecule has 0 saturated heterocycles. The quantitative estimate of drug-likeness (QED) is 0.0345. The first-order valence-corrected chi connectivity index (χ1v) is 29.1. The molecular formula is C65H108O5. The molecule has 70 heavy (non-hydrogen) atoms. The molecule has 0 aliphatic heterocycles. The van der Waals surface area contributed by atoms with Crippen LogP contribution in [-0.2, 0) is 23.8 Å². The van der Waals surface area contributed by atoms with Crippen LogP contribution in [0.15, 0.2) is 122 Å². The average Bonchev–Trinajstić information content (AvgIpc) is 3.36. The highest BCUT2D eigenvalue weighted by atomic mass is 16.6. The van der Waals surface area contributed by atoms with E-state index >= 15 is 0 Å². The fourth-order valence-corrected chi connectivity index (χ4v) is 7.75. The summed E-state index contributed by atoms with van der Waals surface area (Å²) in [5, 5.41) is 0. The van der Waals surface area contributed by atoms with E-state index in [0.717, 1.165) is 128 Å². The van der Waals surface area contributed by atoms with E-state index in [4.69, 9.17) is 14.2 Å². The summed E-state index contributed by atoms with van der Waals surface area (Å²) in [4.78, 5) is 25.5. The van der Waals surface area contributed by atoms with Gasteiger partial charge in [0.25, 0.3) is 0 Å². The van der Waals surface area contributed by atoms with Crippen molar-refractivity contribution in [1.29, 1.82) is 0 Å². The fourth-order valence-electron chi connectivity index (χ4n) is 7.75. The Morgan fingerprint density at radius 2 is 0.643 bits per heavy atom. The highest BCUT2D eigenvalue weighted by Gasteiger charge is 2.17. The average molecular weight is 970 g/mol. The minimum atomic E-state index is -0.584. The van der Waals surface area contributed by atoms with Gasteiger partial charge in [0.1, 0.15) is 6.61 Å². The van der Waals surface area contributed by atoms with E-state index in [1.54, 1.807) is 0 Å². The number of esters is 2. The molecule has 0 amide bonds. The number of rotatable bonds is 52. The van der Waals surface area contributed by atoms with Crippen molar-refractivity contribution in [2.75, 3.05) is 19.8 Å². The van der Waals surface area contributed by atoms with E-state index in [0.29, 0.717) is 19.4 Å². The molecule has 0 fully saturated rings. The maximum absolute atomic E-state index is 12.9. The van der Waals surface area contributed by atoms with Crippen molar-refractivity contribution in [2.24, 2.45) is 0 Å². The molecule has 0 aromatic heterocycles. The first kappa shape index (κ1) is 66.3. The first-order valence-electron chi connectivity index (χ1n) is 29.1. The molecule has 1 atom stereocenters. The predicted molar refractivity (Wildman–Crippen MR) is 306 cm³/mol. The van der Waals surface area contributed by atoms with Gasteiger partial charge < -0.3 is 14.2 Å². The molecule has 0 bridgehead atoms. The van der Waals surface area contributed by atoms with Crippen molar-refractivity contribution in [3.63, 3.8) is 0 Å². The molecule has 0 heterocycles. The Morgan fingerprint density at radius 3 is 1.03 bits per heavy atom. The monoisotopic (exact) mass is 969 g/mol. The first-order chi connectivity index (χ1) is 34.6. The van der Waals surface area contributed by atoms with Crippen LogP contribution < -0.4 is 0 Å². The van der Waals surface area contributed by atoms with Gasteiger partial charge in [0.2, 0.25) is 0 Å². The van der Waals surface area contributed by atoms with Crippen LogP contribution in [-0.4, -0.2) is 37.9 Å². The highest BCUT2D eigenvalue weighted by Crippen LogP contribution is 2.15. The van der Waals surface area contributed by atoms with Crippen LogP contribution in [0, 0.1) is 0 Å². The summed E-state index contributed by atoms with van der Waals surface area (Å²) >= 11 is 0. The number of unbranched alkanes of at least 4 members (excludes halogenated alkanes) is 21. The van der Waals surface area contributed by atoms with Gasteiger partial charge in [0, 0.05) is 19.4 Å². The number of carbonyl (C=O) groups excluding carboxylic acids is 2. The third kappa shape index (κ3) is 56.9. The van der Waals surface area contributed by atoms with Crippen LogP contribution in [0.2, 0.25) is 0 Å².